The van der Waals surface area contributed by atoms with Gasteiger partial charge < -0.3 is 11.9 Å². The van der Waals surface area contributed by atoms with Crippen molar-refractivity contribution < 1.29 is 61.9 Å². The summed E-state index contributed by atoms with van der Waals surface area (Å²) >= 11 is 0. The molecule has 30 heavy (non-hydrogen) atoms. The maximum absolute atomic E-state index is 12.1. The van der Waals surface area contributed by atoms with E-state index < -0.39 is 22.9 Å². The van der Waals surface area contributed by atoms with Crippen LogP contribution in [0.2, 0.25) is 0 Å². The number of aromatic nitrogens is 1. The maximum atomic E-state index is 12.1. The molecule has 0 atom stereocenters. The number of rotatable bonds is 5. The van der Waals surface area contributed by atoms with Gasteiger partial charge in [-0.1, -0.05) is 24.3 Å². The van der Waals surface area contributed by atoms with Gasteiger partial charge in [0, 0.05) is 16.8 Å². The minimum absolute atomic E-state index is 0. The zero-order valence-electron chi connectivity index (χ0n) is 16.5. The Balaban J connectivity index is 0.00000240. The molecule has 0 spiro atoms. The van der Waals surface area contributed by atoms with E-state index in [0.29, 0.717) is 5.39 Å². The van der Waals surface area contributed by atoms with Gasteiger partial charge in [0.15, 0.2) is 6.61 Å². The molecule has 1 heterocycles. The van der Waals surface area contributed by atoms with E-state index in [9.17, 15) is 26.1 Å². The molecule has 2 aromatic carbocycles. The average Bonchev–Trinajstić information content (AvgIpc) is 2.65. The molecule has 3 rings (SSSR count). The summed E-state index contributed by atoms with van der Waals surface area (Å²) in [4.78, 5) is 3.30. The first-order chi connectivity index (χ1) is 13.5. The Bertz CT molecular complexity index is 1190. The Hall–Kier alpha value is -2.25. The third-order valence-corrected chi connectivity index (χ3v) is 4.58. The molecule has 0 fully saturated rings. The molecule has 0 saturated carbocycles. The summed E-state index contributed by atoms with van der Waals surface area (Å²) in [6.07, 6.45) is -3.37. The van der Waals surface area contributed by atoms with Crippen molar-refractivity contribution in [3.05, 3.63) is 48.7 Å². The summed E-state index contributed by atoms with van der Waals surface area (Å²) in [6, 6.07) is 9.83. The quantitative estimate of drug-likeness (QED) is 0.263. The number of halogens is 3. The Kier molecular flexibility index (Phi) is 7.42. The summed E-state index contributed by atoms with van der Waals surface area (Å²) in [7, 11) is -4.55. The van der Waals surface area contributed by atoms with E-state index >= 15 is 0 Å². The molecule has 1 aromatic heterocycles. The molecule has 0 amide bonds. The first-order valence-corrected chi connectivity index (χ1v) is 9.35. The van der Waals surface area contributed by atoms with Crippen LogP contribution in [0, 0.1) is 0 Å². The fraction of sp³-hybridized carbons (Fsp3) is 0.118. The van der Waals surface area contributed by atoms with Gasteiger partial charge in [-0.25, -0.2) is 4.98 Å². The molecular weight excluding hydrogens is 436 g/mol. The zero-order valence-corrected chi connectivity index (χ0v) is 18.3. The van der Waals surface area contributed by atoms with Gasteiger partial charge in [-0.15, -0.1) is 10.2 Å². The number of nitrogen functional groups attached to an aromatic ring is 1. The van der Waals surface area contributed by atoms with Gasteiger partial charge in [0.25, 0.3) is 10.1 Å². The molecule has 0 saturated heterocycles. The number of pyridine rings is 1. The number of nitrogens with zero attached hydrogens (tertiary/aromatic N) is 3. The summed E-state index contributed by atoms with van der Waals surface area (Å²) < 4.78 is 73.8. The number of azo groups is 1. The molecule has 8 nitrogen and oxygen atoms in total. The van der Waals surface area contributed by atoms with E-state index in [4.69, 9.17) is 5.73 Å². The van der Waals surface area contributed by atoms with Gasteiger partial charge in [0.1, 0.15) is 16.3 Å². The first kappa shape index (κ1) is 24.0. The minimum Gasteiger partial charge on any atom is -1.00 e. The molecular formula is C17H14F3N4NaO4S. The number of anilines is 1. The van der Waals surface area contributed by atoms with Crippen LogP contribution in [0.25, 0.3) is 10.8 Å². The summed E-state index contributed by atoms with van der Waals surface area (Å²) in [5, 5.41) is 8.30. The van der Waals surface area contributed by atoms with Crippen LogP contribution in [0.4, 0.5) is 30.2 Å². The van der Waals surface area contributed by atoms with Crippen molar-refractivity contribution >= 4 is 38.0 Å². The standard InChI is InChI=1S/C17H13F3N4O4S.Na.H/c18-17(19,20)9-28-15-6-5-10(8-22-15)23-24-13-7-14(29(25,26)27)11-3-1-2-4-12(11)16(13)21;;/h1-8H,9,21H2,(H,25,26,27);;/q;+1;-1. The largest absolute Gasteiger partial charge is 1.00 e. The number of fused-ring (bicyclic) bond motifs is 1. The second kappa shape index (κ2) is 9.27. The predicted octanol–water partition coefficient (Wildman–Crippen LogP) is 1.54. The van der Waals surface area contributed by atoms with Crippen molar-refractivity contribution in [1.82, 2.24) is 4.98 Å². The van der Waals surface area contributed by atoms with Crippen LogP contribution in [0.5, 0.6) is 5.88 Å². The van der Waals surface area contributed by atoms with Crippen LogP contribution in [-0.4, -0.2) is 30.7 Å². The van der Waals surface area contributed by atoms with Crippen LogP contribution < -0.4 is 40.0 Å². The van der Waals surface area contributed by atoms with Gasteiger partial charge >= 0.3 is 35.7 Å². The number of nitrogens with two attached hydrogens (primary N) is 1. The number of benzene rings is 2. The number of ether oxygens (including phenoxy) is 1. The fourth-order valence-corrected chi connectivity index (χ4v) is 3.15. The second-order valence-corrected chi connectivity index (χ2v) is 7.18. The molecule has 0 unspecified atom stereocenters. The van der Waals surface area contributed by atoms with E-state index in [1.165, 1.54) is 18.2 Å². The summed E-state index contributed by atoms with van der Waals surface area (Å²) in [5.74, 6) is -0.250. The van der Waals surface area contributed by atoms with E-state index in [1.54, 1.807) is 18.2 Å². The monoisotopic (exact) mass is 450 g/mol. The third kappa shape index (κ3) is 5.89. The van der Waals surface area contributed by atoms with Gasteiger partial charge in [0.05, 0.1) is 11.9 Å². The molecule has 3 aromatic rings. The minimum atomic E-state index is -4.55. The summed E-state index contributed by atoms with van der Waals surface area (Å²) in [5.41, 5.74) is 6.30. The molecule has 0 radical (unpaired) electrons. The van der Waals surface area contributed by atoms with Crippen molar-refractivity contribution in [3.8, 4) is 5.88 Å². The van der Waals surface area contributed by atoms with Crippen molar-refractivity contribution in [2.75, 3.05) is 12.3 Å². The van der Waals surface area contributed by atoms with Crippen LogP contribution in [-0.2, 0) is 10.1 Å². The Morgan fingerprint density at radius 1 is 1.13 bits per heavy atom. The smallest absolute Gasteiger partial charge is 1.00 e. The third-order valence-electron chi connectivity index (χ3n) is 3.68. The average molecular weight is 450 g/mol. The van der Waals surface area contributed by atoms with Crippen molar-refractivity contribution in [2.24, 2.45) is 10.2 Å². The van der Waals surface area contributed by atoms with Gasteiger partial charge in [-0.05, 0) is 12.1 Å². The molecule has 13 heteroatoms. The van der Waals surface area contributed by atoms with Gasteiger partial charge in [-0.3, -0.25) is 4.55 Å². The predicted molar refractivity (Wildman–Crippen MR) is 99.2 cm³/mol. The number of hydrogen-bond acceptors (Lipinski definition) is 7. The van der Waals surface area contributed by atoms with Crippen LogP contribution in [0.1, 0.15) is 1.43 Å². The van der Waals surface area contributed by atoms with E-state index in [-0.39, 0.29) is 64.2 Å². The molecule has 3 N–H and O–H groups in total. The normalized spacial score (nSPS) is 12.1. The Morgan fingerprint density at radius 2 is 1.80 bits per heavy atom. The first-order valence-electron chi connectivity index (χ1n) is 7.91. The molecule has 0 aliphatic rings. The second-order valence-electron chi connectivity index (χ2n) is 5.79. The Morgan fingerprint density at radius 3 is 2.37 bits per heavy atom. The number of hydrogen-bond donors (Lipinski definition) is 2. The molecule has 0 bridgehead atoms. The van der Waals surface area contributed by atoms with Crippen LogP contribution in [0.15, 0.2) is 63.8 Å². The fourth-order valence-electron chi connectivity index (χ4n) is 2.43. The SMILES string of the molecule is Nc1c(N=Nc2ccc(OCC(F)(F)F)nc2)cc(S(=O)(=O)O)c2ccccc12.[H-].[Na+]. The van der Waals surface area contributed by atoms with Crippen molar-refractivity contribution in [3.63, 3.8) is 0 Å². The Labute approximate surface area is 192 Å². The van der Waals surface area contributed by atoms with E-state index in [0.717, 1.165) is 12.3 Å². The molecule has 0 aliphatic carbocycles. The zero-order chi connectivity index (χ0) is 21.2. The van der Waals surface area contributed by atoms with Gasteiger partial charge in [0.2, 0.25) is 5.88 Å². The maximum Gasteiger partial charge on any atom is 1.00 e. The molecule has 154 valence electrons. The van der Waals surface area contributed by atoms with Crippen molar-refractivity contribution in [2.45, 2.75) is 11.1 Å². The van der Waals surface area contributed by atoms with Crippen LogP contribution >= 0.6 is 0 Å². The number of alkyl halides is 3. The van der Waals surface area contributed by atoms with E-state index in [2.05, 4.69) is 19.9 Å². The topological polar surface area (TPSA) is 127 Å². The molecule has 0 aliphatic heterocycles. The van der Waals surface area contributed by atoms with Crippen molar-refractivity contribution in [1.29, 1.82) is 0 Å². The van der Waals surface area contributed by atoms with Gasteiger partial charge in [-0.2, -0.15) is 21.6 Å². The van der Waals surface area contributed by atoms with E-state index in [1.807, 2.05) is 0 Å². The van der Waals surface area contributed by atoms with Crippen LogP contribution in [0.3, 0.4) is 0 Å². The summed E-state index contributed by atoms with van der Waals surface area (Å²) in [6.45, 7) is -1.48.